The van der Waals surface area contributed by atoms with Crippen LogP contribution in [0, 0.1) is 6.08 Å². The number of fused-ring (bicyclic) bond motifs is 3. The summed E-state index contributed by atoms with van der Waals surface area (Å²) in [5.41, 5.74) is 8.17. The zero-order valence-corrected chi connectivity index (χ0v) is 13.3. The van der Waals surface area contributed by atoms with Crippen LogP contribution < -0.4 is 10.3 Å². The van der Waals surface area contributed by atoms with Gasteiger partial charge < -0.3 is 0 Å². The third-order valence-corrected chi connectivity index (χ3v) is 4.77. The van der Waals surface area contributed by atoms with Gasteiger partial charge in [0.2, 0.25) is 0 Å². The van der Waals surface area contributed by atoms with Crippen LogP contribution in [-0.4, -0.2) is 11.8 Å². The molecule has 0 saturated heterocycles. The Hall–Kier alpha value is -2.03. The van der Waals surface area contributed by atoms with Gasteiger partial charge in [-0.2, -0.15) is 7.28 Å². The SMILES string of the molecule is Cn1cc[n+](C)c1[B-]C1=C2C(=[C]c3ccccc32)CCCC1. The van der Waals surface area contributed by atoms with Crippen LogP contribution in [-0.2, 0) is 14.1 Å². The minimum Gasteiger partial charge on any atom is -0.280 e. The minimum absolute atomic E-state index is 1.15. The second-order valence-corrected chi connectivity index (χ2v) is 6.28. The van der Waals surface area contributed by atoms with Crippen molar-refractivity contribution in [1.82, 2.24) is 4.57 Å². The number of nitrogens with zero attached hydrogens (tertiary/aromatic N) is 2. The summed E-state index contributed by atoms with van der Waals surface area (Å²) in [5, 5.41) is 0. The highest BCUT2D eigenvalue weighted by molar-refractivity contribution is 6.60. The van der Waals surface area contributed by atoms with E-state index in [1.165, 1.54) is 46.3 Å². The van der Waals surface area contributed by atoms with E-state index in [2.05, 4.69) is 73.2 Å². The molecule has 1 aromatic heterocycles. The van der Waals surface area contributed by atoms with E-state index >= 15 is 0 Å². The molecule has 2 aromatic rings. The average molecular weight is 287 g/mol. The van der Waals surface area contributed by atoms with Crippen molar-refractivity contribution in [3.63, 3.8) is 0 Å². The summed E-state index contributed by atoms with van der Waals surface area (Å²) in [6, 6.07) is 8.68. The van der Waals surface area contributed by atoms with E-state index in [1.54, 1.807) is 0 Å². The highest BCUT2D eigenvalue weighted by atomic mass is 15.1. The molecule has 3 radical (unpaired) electrons. The van der Waals surface area contributed by atoms with Gasteiger partial charge >= 0.3 is 0 Å². The van der Waals surface area contributed by atoms with Gasteiger partial charge in [-0.25, -0.2) is 0 Å². The van der Waals surface area contributed by atoms with Gasteiger partial charge in [-0.05, 0) is 35.6 Å². The summed E-state index contributed by atoms with van der Waals surface area (Å²) in [6.07, 6.45) is 12.7. The minimum atomic E-state index is 1.15. The summed E-state index contributed by atoms with van der Waals surface area (Å²) < 4.78 is 4.37. The Morgan fingerprint density at radius 3 is 2.82 bits per heavy atom. The number of hydrogen-bond donors (Lipinski definition) is 0. The van der Waals surface area contributed by atoms with Gasteiger partial charge in [-0.3, -0.25) is 14.6 Å². The second-order valence-electron chi connectivity index (χ2n) is 6.28. The van der Waals surface area contributed by atoms with Crippen molar-refractivity contribution in [3.05, 3.63) is 64.9 Å². The van der Waals surface area contributed by atoms with Crippen LogP contribution in [0.15, 0.2) is 47.7 Å². The van der Waals surface area contributed by atoms with E-state index in [4.69, 9.17) is 0 Å². The maximum Gasteiger partial charge on any atom is 0.125 e. The zero-order valence-electron chi connectivity index (χ0n) is 13.3. The summed E-state index contributed by atoms with van der Waals surface area (Å²) in [5.74, 6) is 0. The highest BCUT2D eigenvalue weighted by Gasteiger charge is 2.21. The molecule has 2 aliphatic carbocycles. The molecule has 2 nitrogen and oxygen atoms in total. The molecule has 1 heterocycles. The normalized spacial score (nSPS) is 17.1. The van der Waals surface area contributed by atoms with E-state index in [0.29, 0.717) is 0 Å². The van der Waals surface area contributed by atoms with Gasteiger partial charge in [0.1, 0.15) is 12.4 Å². The Labute approximate surface area is 133 Å². The van der Waals surface area contributed by atoms with E-state index in [0.717, 1.165) is 12.8 Å². The molecule has 0 atom stereocenters. The van der Waals surface area contributed by atoms with Gasteiger partial charge in [0, 0.05) is 5.72 Å². The molecule has 1 aromatic carbocycles. The molecule has 109 valence electrons. The number of aromatic nitrogens is 2. The number of rotatable bonds is 2. The number of aryl methyl sites for hydroxylation is 2. The molecule has 0 amide bonds. The quantitative estimate of drug-likeness (QED) is 0.592. The van der Waals surface area contributed by atoms with Crippen molar-refractivity contribution in [1.29, 1.82) is 0 Å². The topological polar surface area (TPSA) is 8.81 Å². The van der Waals surface area contributed by atoms with Gasteiger partial charge in [0.05, 0.1) is 14.1 Å². The molecule has 0 bridgehead atoms. The molecule has 0 spiro atoms. The van der Waals surface area contributed by atoms with Crippen LogP contribution in [0.5, 0.6) is 0 Å². The van der Waals surface area contributed by atoms with Crippen molar-refractivity contribution in [2.45, 2.75) is 25.7 Å². The maximum atomic E-state index is 3.64. The number of imidazole rings is 1. The molecule has 0 unspecified atom stereocenters. The number of allylic oxidation sites excluding steroid dienone is 3. The molecule has 0 saturated carbocycles. The predicted octanol–water partition coefficient (Wildman–Crippen LogP) is 2.26. The fourth-order valence-electron chi connectivity index (χ4n) is 3.60. The Balaban J connectivity index is 1.84. The van der Waals surface area contributed by atoms with Crippen molar-refractivity contribution < 1.29 is 4.57 Å². The third kappa shape index (κ3) is 2.16. The first-order valence-corrected chi connectivity index (χ1v) is 8.05. The van der Waals surface area contributed by atoms with E-state index in [1.807, 2.05) is 0 Å². The van der Waals surface area contributed by atoms with E-state index < -0.39 is 0 Å². The summed E-state index contributed by atoms with van der Waals surface area (Å²) >= 11 is 0. The summed E-state index contributed by atoms with van der Waals surface area (Å²) in [6.45, 7) is 0. The summed E-state index contributed by atoms with van der Waals surface area (Å²) in [4.78, 5) is 0. The lowest BCUT2D eigenvalue weighted by atomic mass is 9.64. The fourth-order valence-corrected chi connectivity index (χ4v) is 3.60. The van der Waals surface area contributed by atoms with E-state index in [9.17, 15) is 0 Å². The Morgan fingerprint density at radius 1 is 1.18 bits per heavy atom. The van der Waals surface area contributed by atoms with Crippen LogP contribution in [0.2, 0.25) is 0 Å². The van der Waals surface area contributed by atoms with Crippen molar-refractivity contribution in [2.75, 3.05) is 0 Å². The number of benzene rings is 1. The standard InChI is InChI=1S/C19H20BN2/c1-21-11-12-22(2)19(21)20-17-10-6-4-8-15-13-14-7-3-5-9-16(14)18(15)17/h3,5,7,9,11-12H,4,6,8,10H2,1-2H3. The van der Waals surface area contributed by atoms with Crippen LogP contribution in [0.4, 0.5) is 0 Å². The van der Waals surface area contributed by atoms with Crippen molar-refractivity contribution in [3.8, 4) is 0 Å². The van der Waals surface area contributed by atoms with E-state index in [-0.39, 0.29) is 0 Å². The van der Waals surface area contributed by atoms with Crippen molar-refractivity contribution >= 4 is 18.6 Å². The smallest absolute Gasteiger partial charge is 0.125 e. The zero-order chi connectivity index (χ0) is 15.1. The van der Waals surface area contributed by atoms with Gasteiger partial charge in [-0.1, -0.05) is 42.7 Å². The van der Waals surface area contributed by atoms with Crippen LogP contribution >= 0.6 is 0 Å². The third-order valence-electron chi connectivity index (χ3n) is 4.77. The Kier molecular flexibility index (Phi) is 3.29. The van der Waals surface area contributed by atoms with Crippen molar-refractivity contribution in [2.24, 2.45) is 14.1 Å². The first-order valence-electron chi connectivity index (χ1n) is 8.05. The molecule has 4 rings (SSSR count). The fraction of sp³-hybridized carbons (Fsp3) is 0.316. The molecule has 2 aliphatic rings. The molecular weight excluding hydrogens is 267 g/mol. The Bertz CT molecular complexity index is 776. The number of hydrogen-bond acceptors (Lipinski definition) is 0. The maximum absolute atomic E-state index is 3.64. The molecule has 22 heavy (non-hydrogen) atoms. The molecular formula is C19H20BN2. The van der Waals surface area contributed by atoms with Gasteiger partial charge in [0.25, 0.3) is 0 Å². The lowest BCUT2D eigenvalue weighted by molar-refractivity contribution is -0.652. The van der Waals surface area contributed by atoms with Crippen LogP contribution in [0.1, 0.15) is 36.8 Å². The molecule has 0 aliphatic heterocycles. The Morgan fingerprint density at radius 2 is 2.00 bits per heavy atom. The monoisotopic (exact) mass is 287 g/mol. The lowest BCUT2D eigenvalue weighted by Gasteiger charge is -2.23. The van der Waals surface area contributed by atoms with Gasteiger partial charge in [-0.15, -0.1) is 0 Å². The van der Waals surface area contributed by atoms with Crippen LogP contribution in [0.25, 0.3) is 5.57 Å². The largest absolute Gasteiger partial charge is 0.280 e. The summed E-state index contributed by atoms with van der Waals surface area (Å²) in [7, 11) is 6.59. The molecule has 0 N–H and O–H groups in total. The van der Waals surface area contributed by atoms with Gasteiger partial charge in [0.15, 0.2) is 0 Å². The molecule has 0 fully saturated rings. The molecule has 3 heteroatoms. The second kappa shape index (κ2) is 5.31. The first-order chi connectivity index (χ1) is 10.7. The highest BCUT2D eigenvalue weighted by Crippen LogP contribution is 2.41. The first kappa shape index (κ1) is 13.6. The van der Waals surface area contributed by atoms with Crippen LogP contribution in [0.3, 0.4) is 0 Å². The lowest BCUT2D eigenvalue weighted by Crippen LogP contribution is -2.50. The predicted molar refractivity (Wildman–Crippen MR) is 89.7 cm³/mol. The average Bonchev–Trinajstić information content (AvgIpc) is 2.96.